The second kappa shape index (κ2) is 7.49. The van der Waals surface area contributed by atoms with E-state index in [1.54, 1.807) is 12.1 Å². The average Bonchev–Trinajstić information content (AvgIpc) is 2.39. The van der Waals surface area contributed by atoms with Crippen LogP contribution in [0, 0.1) is 0 Å². The summed E-state index contributed by atoms with van der Waals surface area (Å²) >= 11 is 0. The highest BCUT2D eigenvalue weighted by molar-refractivity contribution is 5.89. The van der Waals surface area contributed by atoms with Gasteiger partial charge in [0.15, 0.2) is 6.10 Å². The van der Waals surface area contributed by atoms with Crippen LogP contribution in [0.5, 0.6) is 0 Å². The van der Waals surface area contributed by atoms with Crippen LogP contribution in [0.4, 0.5) is 10.5 Å². The third-order valence-electron chi connectivity index (χ3n) is 2.84. The SMILES string of the molecule is COC(CNC(=O)Nc1ccc(C(C)C)cc1)C(=O)O. The highest BCUT2D eigenvalue weighted by Crippen LogP contribution is 2.16. The minimum atomic E-state index is -1.12. The molecular weight excluding hydrogens is 260 g/mol. The second-order valence-electron chi connectivity index (χ2n) is 4.67. The van der Waals surface area contributed by atoms with Gasteiger partial charge in [-0.15, -0.1) is 0 Å². The van der Waals surface area contributed by atoms with Gasteiger partial charge < -0.3 is 20.5 Å². The van der Waals surface area contributed by atoms with Crippen LogP contribution >= 0.6 is 0 Å². The van der Waals surface area contributed by atoms with E-state index in [1.807, 2.05) is 12.1 Å². The summed E-state index contributed by atoms with van der Waals surface area (Å²) in [5.74, 6) is -0.690. The molecule has 3 N–H and O–H groups in total. The molecule has 0 aliphatic heterocycles. The summed E-state index contributed by atoms with van der Waals surface area (Å²) in [4.78, 5) is 22.3. The van der Waals surface area contributed by atoms with Crippen LogP contribution in [0.15, 0.2) is 24.3 Å². The Hall–Kier alpha value is -2.08. The number of benzene rings is 1. The zero-order chi connectivity index (χ0) is 15.1. The Balaban J connectivity index is 2.48. The standard InChI is InChI=1S/C14H20N2O4/c1-9(2)10-4-6-11(7-5-10)16-14(19)15-8-12(20-3)13(17)18/h4-7,9,12H,8H2,1-3H3,(H,17,18)(H2,15,16,19). The summed E-state index contributed by atoms with van der Waals surface area (Å²) in [6.07, 6.45) is -1.05. The normalized spacial score (nSPS) is 12.0. The summed E-state index contributed by atoms with van der Waals surface area (Å²) in [7, 11) is 1.28. The van der Waals surface area contributed by atoms with Crippen LogP contribution in [0.25, 0.3) is 0 Å². The summed E-state index contributed by atoms with van der Waals surface area (Å²) < 4.78 is 4.71. The first-order valence-electron chi connectivity index (χ1n) is 6.34. The molecule has 6 heteroatoms. The molecule has 0 fully saturated rings. The van der Waals surface area contributed by atoms with Crippen molar-refractivity contribution in [2.24, 2.45) is 0 Å². The Morgan fingerprint density at radius 1 is 1.25 bits per heavy atom. The number of rotatable bonds is 6. The van der Waals surface area contributed by atoms with Gasteiger partial charge in [-0.25, -0.2) is 9.59 Å². The van der Waals surface area contributed by atoms with Gasteiger partial charge in [0.2, 0.25) is 0 Å². The van der Waals surface area contributed by atoms with Gasteiger partial charge in [0.1, 0.15) is 0 Å². The van der Waals surface area contributed by atoms with Crippen molar-refractivity contribution >= 4 is 17.7 Å². The maximum absolute atomic E-state index is 11.6. The van der Waals surface area contributed by atoms with E-state index < -0.39 is 18.1 Å². The van der Waals surface area contributed by atoms with Crippen LogP contribution in [-0.4, -0.2) is 36.9 Å². The molecule has 110 valence electrons. The van der Waals surface area contributed by atoms with Crippen molar-refractivity contribution in [1.82, 2.24) is 5.32 Å². The lowest BCUT2D eigenvalue weighted by Gasteiger charge is -2.12. The van der Waals surface area contributed by atoms with Gasteiger partial charge in [0.25, 0.3) is 0 Å². The van der Waals surface area contributed by atoms with Crippen molar-refractivity contribution in [1.29, 1.82) is 0 Å². The largest absolute Gasteiger partial charge is 0.479 e. The molecule has 0 aliphatic rings. The minimum absolute atomic E-state index is 0.0955. The number of urea groups is 1. The summed E-state index contributed by atoms with van der Waals surface area (Å²) in [5, 5.41) is 13.8. The maximum atomic E-state index is 11.6. The number of aliphatic carboxylic acids is 1. The van der Waals surface area contributed by atoms with E-state index in [2.05, 4.69) is 24.5 Å². The number of amides is 2. The van der Waals surface area contributed by atoms with Gasteiger partial charge in [0.05, 0.1) is 6.54 Å². The molecule has 6 nitrogen and oxygen atoms in total. The number of hydrogen-bond acceptors (Lipinski definition) is 3. The highest BCUT2D eigenvalue weighted by atomic mass is 16.5. The lowest BCUT2D eigenvalue weighted by Crippen LogP contribution is -2.39. The first kappa shape index (κ1) is 16.0. The van der Waals surface area contributed by atoms with Crippen molar-refractivity contribution in [2.45, 2.75) is 25.9 Å². The zero-order valence-corrected chi connectivity index (χ0v) is 11.8. The van der Waals surface area contributed by atoms with Crippen LogP contribution in [0.2, 0.25) is 0 Å². The topological polar surface area (TPSA) is 87.7 Å². The number of carbonyl (C=O) groups excluding carboxylic acids is 1. The van der Waals surface area contributed by atoms with E-state index in [1.165, 1.54) is 12.7 Å². The first-order valence-corrected chi connectivity index (χ1v) is 6.34. The molecule has 1 aromatic rings. The van der Waals surface area contributed by atoms with Crippen molar-refractivity contribution in [2.75, 3.05) is 19.0 Å². The number of carboxylic acids is 1. The fourth-order valence-electron chi connectivity index (χ4n) is 1.58. The average molecular weight is 280 g/mol. The maximum Gasteiger partial charge on any atom is 0.334 e. The van der Waals surface area contributed by atoms with E-state index in [4.69, 9.17) is 9.84 Å². The van der Waals surface area contributed by atoms with Crippen molar-refractivity contribution in [3.63, 3.8) is 0 Å². The number of nitrogens with one attached hydrogen (secondary N) is 2. The lowest BCUT2D eigenvalue weighted by atomic mass is 10.0. The number of ether oxygens (including phenoxy) is 1. The van der Waals surface area contributed by atoms with Gasteiger partial charge in [0, 0.05) is 12.8 Å². The van der Waals surface area contributed by atoms with E-state index in [0.717, 1.165) is 0 Å². The molecule has 0 aromatic heterocycles. The van der Waals surface area contributed by atoms with Crippen LogP contribution < -0.4 is 10.6 Å². The molecule has 0 saturated heterocycles. The number of anilines is 1. The Labute approximate surface area is 118 Å². The molecule has 0 bridgehead atoms. The quantitative estimate of drug-likeness (QED) is 0.744. The van der Waals surface area contributed by atoms with Gasteiger partial charge in [-0.1, -0.05) is 26.0 Å². The third kappa shape index (κ3) is 4.89. The number of carboxylic acid groups (broad SMARTS) is 1. The molecule has 1 aromatic carbocycles. The van der Waals surface area contributed by atoms with E-state index >= 15 is 0 Å². The van der Waals surface area contributed by atoms with Gasteiger partial charge in [-0.3, -0.25) is 0 Å². The predicted octanol–water partition coefficient (Wildman–Crippen LogP) is 2.03. The molecule has 0 spiro atoms. The predicted molar refractivity (Wildman–Crippen MR) is 76.0 cm³/mol. The Morgan fingerprint density at radius 3 is 2.30 bits per heavy atom. The van der Waals surface area contributed by atoms with Gasteiger partial charge in [-0.2, -0.15) is 0 Å². The van der Waals surface area contributed by atoms with Crippen LogP contribution in [-0.2, 0) is 9.53 Å². The van der Waals surface area contributed by atoms with Crippen molar-refractivity contribution in [3.8, 4) is 0 Å². The third-order valence-corrected chi connectivity index (χ3v) is 2.84. The molecule has 1 unspecified atom stereocenters. The molecule has 1 atom stereocenters. The number of hydrogen-bond donors (Lipinski definition) is 3. The number of carbonyl (C=O) groups is 2. The van der Waals surface area contributed by atoms with E-state index in [-0.39, 0.29) is 6.54 Å². The molecule has 0 heterocycles. The Morgan fingerprint density at radius 2 is 1.85 bits per heavy atom. The van der Waals surface area contributed by atoms with Crippen LogP contribution in [0.1, 0.15) is 25.3 Å². The molecule has 0 aliphatic carbocycles. The minimum Gasteiger partial charge on any atom is -0.479 e. The lowest BCUT2D eigenvalue weighted by molar-refractivity contribution is -0.147. The van der Waals surface area contributed by atoms with Gasteiger partial charge >= 0.3 is 12.0 Å². The summed E-state index contributed by atoms with van der Waals surface area (Å²) in [6, 6.07) is 7.02. The molecular formula is C14H20N2O4. The molecule has 20 heavy (non-hydrogen) atoms. The molecule has 0 radical (unpaired) electrons. The zero-order valence-electron chi connectivity index (χ0n) is 11.8. The molecule has 2 amide bonds. The van der Waals surface area contributed by atoms with Crippen molar-refractivity contribution < 1.29 is 19.4 Å². The first-order chi connectivity index (χ1) is 9.43. The molecule has 1 rings (SSSR count). The van der Waals surface area contributed by atoms with E-state index in [0.29, 0.717) is 11.6 Å². The number of methoxy groups -OCH3 is 1. The fourth-order valence-corrected chi connectivity index (χ4v) is 1.58. The van der Waals surface area contributed by atoms with E-state index in [9.17, 15) is 9.59 Å². The van der Waals surface area contributed by atoms with Crippen LogP contribution in [0.3, 0.4) is 0 Å². The van der Waals surface area contributed by atoms with Crippen molar-refractivity contribution in [3.05, 3.63) is 29.8 Å². The summed E-state index contributed by atoms with van der Waals surface area (Å²) in [5.41, 5.74) is 1.83. The monoisotopic (exact) mass is 280 g/mol. The summed E-state index contributed by atoms with van der Waals surface area (Å²) in [6.45, 7) is 4.08. The van der Waals surface area contributed by atoms with Gasteiger partial charge in [-0.05, 0) is 23.6 Å². The fraction of sp³-hybridized carbons (Fsp3) is 0.429. The Bertz CT molecular complexity index is 457. The Kier molecular flexibility index (Phi) is 5.99. The second-order valence-corrected chi connectivity index (χ2v) is 4.67. The smallest absolute Gasteiger partial charge is 0.334 e. The molecule has 0 saturated carbocycles. The highest BCUT2D eigenvalue weighted by Gasteiger charge is 2.16.